The molecule has 0 radical (unpaired) electrons. The lowest BCUT2D eigenvalue weighted by molar-refractivity contribution is 0.0577. The summed E-state index contributed by atoms with van der Waals surface area (Å²) in [5.41, 5.74) is 1.59. The summed E-state index contributed by atoms with van der Waals surface area (Å²) in [6.45, 7) is 7.75. The molecule has 0 aliphatic carbocycles. The van der Waals surface area contributed by atoms with Crippen LogP contribution < -0.4 is 5.32 Å². The number of rotatable bonds is 2. The first kappa shape index (κ1) is 13.6. The quantitative estimate of drug-likeness (QED) is 0.817. The average molecular weight is 277 g/mol. The molecule has 0 bridgehead atoms. The highest BCUT2D eigenvalue weighted by Crippen LogP contribution is 2.14. The Morgan fingerprint density at radius 3 is 2.65 bits per heavy atom. The van der Waals surface area contributed by atoms with Crippen molar-refractivity contribution in [3.8, 4) is 0 Å². The van der Waals surface area contributed by atoms with E-state index in [0.29, 0.717) is 11.7 Å². The van der Waals surface area contributed by atoms with Crippen LogP contribution in [-0.2, 0) is 7.05 Å². The van der Waals surface area contributed by atoms with Crippen molar-refractivity contribution in [1.82, 2.24) is 24.9 Å². The molecule has 1 amide bonds. The van der Waals surface area contributed by atoms with Crippen LogP contribution in [0.15, 0.2) is 6.07 Å². The summed E-state index contributed by atoms with van der Waals surface area (Å²) in [6, 6.07) is 2.53. The van der Waals surface area contributed by atoms with Crippen LogP contribution in [0.4, 0.5) is 0 Å². The second kappa shape index (κ2) is 5.54. The molecule has 1 aromatic rings. The second-order valence-corrected chi connectivity index (χ2v) is 5.77. The molecule has 0 spiro atoms. The Morgan fingerprint density at radius 1 is 1.35 bits per heavy atom. The van der Waals surface area contributed by atoms with Gasteiger partial charge < -0.3 is 10.2 Å². The average Bonchev–Trinajstić information content (AvgIpc) is 3.09. The Hall–Kier alpha value is -1.40. The van der Waals surface area contributed by atoms with E-state index in [0.717, 1.165) is 45.0 Å². The van der Waals surface area contributed by atoms with Crippen LogP contribution in [0.1, 0.15) is 22.6 Å². The van der Waals surface area contributed by atoms with Gasteiger partial charge in [0.2, 0.25) is 0 Å². The van der Waals surface area contributed by atoms with Gasteiger partial charge in [-0.05, 0) is 26.0 Å². The second-order valence-electron chi connectivity index (χ2n) is 5.77. The Labute approximate surface area is 119 Å². The molecule has 0 aromatic carbocycles. The molecular formula is C14H23N5O. The van der Waals surface area contributed by atoms with Gasteiger partial charge in [0.05, 0.1) is 0 Å². The van der Waals surface area contributed by atoms with Gasteiger partial charge in [0.15, 0.2) is 5.69 Å². The van der Waals surface area contributed by atoms with Gasteiger partial charge >= 0.3 is 0 Å². The number of hydrogen-bond acceptors (Lipinski definition) is 4. The number of amides is 1. The lowest BCUT2D eigenvalue weighted by Crippen LogP contribution is -2.52. The van der Waals surface area contributed by atoms with Gasteiger partial charge in [-0.25, -0.2) is 0 Å². The predicted octanol–water partition coefficient (Wildman–Crippen LogP) is -0.152. The highest BCUT2D eigenvalue weighted by atomic mass is 16.2. The van der Waals surface area contributed by atoms with Crippen molar-refractivity contribution < 1.29 is 4.79 Å². The maximum Gasteiger partial charge on any atom is 0.274 e. The lowest BCUT2D eigenvalue weighted by atomic mass is 10.2. The van der Waals surface area contributed by atoms with Crippen molar-refractivity contribution in [2.24, 2.45) is 7.05 Å². The van der Waals surface area contributed by atoms with E-state index in [4.69, 9.17) is 0 Å². The fourth-order valence-corrected chi connectivity index (χ4v) is 3.07. The Morgan fingerprint density at radius 2 is 2.10 bits per heavy atom. The van der Waals surface area contributed by atoms with Crippen LogP contribution >= 0.6 is 0 Å². The van der Waals surface area contributed by atoms with Crippen LogP contribution in [0.5, 0.6) is 0 Å². The molecular weight excluding hydrogens is 254 g/mol. The number of aryl methyl sites for hydroxylation is 2. The van der Waals surface area contributed by atoms with Crippen LogP contribution in [-0.4, -0.2) is 70.8 Å². The predicted molar refractivity (Wildman–Crippen MR) is 76.7 cm³/mol. The zero-order chi connectivity index (χ0) is 14.1. The molecule has 2 fully saturated rings. The Kier molecular flexibility index (Phi) is 3.76. The van der Waals surface area contributed by atoms with Gasteiger partial charge in [0, 0.05) is 51.5 Å². The summed E-state index contributed by atoms with van der Waals surface area (Å²) in [6.07, 6.45) is 1.23. The normalized spacial score (nSPS) is 24.3. The van der Waals surface area contributed by atoms with Crippen molar-refractivity contribution in [2.75, 3.05) is 39.3 Å². The summed E-state index contributed by atoms with van der Waals surface area (Å²) >= 11 is 0. The first-order valence-corrected chi connectivity index (χ1v) is 7.40. The van der Waals surface area contributed by atoms with Gasteiger partial charge in [-0.2, -0.15) is 5.10 Å². The highest BCUT2D eigenvalue weighted by Gasteiger charge is 2.28. The van der Waals surface area contributed by atoms with E-state index < -0.39 is 0 Å². The summed E-state index contributed by atoms with van der Waals surface area (Å²) in [4.78, 5) is 16.9. The first-order chi connectivity index (χ1) is 9.65. The van der Waals surface area contributed by atoms with Crippen molar-refractivity contribution in [3.05, 3.63) is 17.5 Å². The maximum absolute atomic E-state index is 12.4. The van der Waals surface area contributed by atoms with Gasteiger partial charge in [-0.3, -0.25) is 14.4 Å². The molecule has 1 unspecified atom stereocenters. The minimum absolute atomic E-state index is 0.0675. The smallest absolute Gasteiger partial charge is 0.274 e. The van der Waals surface area contributed by atoms with Crippen molar-refractivity contribution in [1.29, 1.82) is 0 Å². The largest absolute Gasteiger partial charge is 0.335 e. The third-order valence-corrected chi connectivity index (χ3v) is 4.49. The molecule has 110 valence electrons. The molecule has 3 heterocycles. The van der Waals surface area contributed by atoms with E-state index in [1.54, 1.807) is 4.68 Å². The molecule has 1 atom stereocenters. The van der Waals surface area contributed by atoms with Gasteiger partial charge in [-0.15, -0.1) is 0 Å². The number of carbonyl (C=O) groups excluding carboxylic acids is 1. The molecule has 1 N–H and O–H groups in total. The fraction of sp³-hybridized carbons (Fsp3) is 0.714. The number of nitrogens with one attached hydrogen (secondary N) is 1. The monoisotopic (exact) mass is 277 g/mol. The molecule has 2 saturated heterocycles. The molecule has 6 nitrogen and oxygen atoms in total. The number of aromatic nitrogens is 2. The standard InChI is InChI=1S/C14H23N5O/c1-11-9-13(16-17(11)2)14(20)19-7-5-18(6-8-19)12-3-4-15-10-12/h9,12,15H,3-8,10H2,1-2H3. The molecule has 2 aliphatic heterocycles. The molecule has 0 saturated carbocycles. The van der Waals surface area contributed by atoms with Gasteiger partial charge in [0.25, 0.3) is 5.91 Å². The molecule has 1 aromatic heterocycles. The summed E-state index contributed by atoms with van der Waals surface area (Å²) in [7, 11) is 1.87. The SMILES string of the molecule is Cc1cc(C(=O)N2CCN(C3CCNC3)CC2)nn1C. The van der Waals surface area contributed by atoms with E-state index in [9.17, 15) is 4.79 Å². The number of hydrogen-bond donors (Lipinski definition) is 1. The Balaban J connectivity index is 1.58. The van der Waals surface area contributed by atoms with Crippen LogP contribution in [0, 0.1) is 6.92 Å². The minimum Gasteiger partial charge on any atom is -0.335 e. The minimum atomic E-state index is 0.0675. The number of nitrogens with zero attached hydrogens (tertiary/aromatic N) is 4. The first-order valence-electron chi connectivity index (χ1n) is 7.40. The van der Waals surface area contributed by atoms with E-state index >= 15 is 0 Å². The van der Waals surface area contributed by atoms with Crippen LogP contribution in [0.25, 0.3) is 0 Å². The van der Waals surface area contributed by atoms with Crippen molar-refractivity contribution >= 4 is 5.91 Å². The van der Waals surface area contributed by atoms with Crippen LogP contribution in [0.2, 0.25) is 0 Å². The van der Waals surface area contributed by atoms with E-state index in [2.05, 4.69) is 15.3 Å². The highest BCUT2D eigenvalue weighted by molar-refractivity contribution is 5.92. The lowest BCUT2D eigenvalue weighted by Gasteiger charge is -2.37. The zero-order valence-corrected chi connectivity index (χ0v) is 12.3. The number of piperazine rings is 1. The molecule has 6 heteroatoms. The van der Waals surface area contributed by atoms with E-state index in [1.807, 2.05) is 24.9 Å². The molecule has 20 heavy (non-hydrogen) atoms. The van der Waals surface area contributed by atoms with E-state index in [1.165, 1.54) is 6.42 Å². The summed E-state index contributed by atoms with van der Waals surface area (Å²) < 4.78 is 1.76. The maximum atomic E-state index is 12.4. The third-order valence-electron chi connectivity index (χ3n) is 4.49. The number of carbonyl (C=O) groups is 1. The fourth-order valence-electron chi connectivity index (χ4n) is 3.07. The molecule has 2 aliphatic rings. The third kappa shape index (κ3) is 2.58. The Bertz CT molecular complexity index is 464. The van der Waals surface area contributed by atoms with Crippen molar-refractivity contribution in [3.63, 3.8) is 0 Å². The molecule has 3 rings (SSSR count). The van der Waals surface area contributed by atoms with Gasteiger partial charge in [-0.1, -0.05) is 0 Å². The van der Waals surface area contributed by atoms with Crippen molar-refractivity contribution in [2.45, 2.75) is 19.4 Å². The van der Waals surface area contributed by atoms with E-state index in [-0.39, 0.29) is 5.91 Å². The summed E-state index contributed by atoms with van der Waals surface area (Å²) in [5, 5.41) is 7.69. The topological polar surface area (TPSA) is 53.4 Å². The zero-order valence-electron chi connectivity index (χ0n) is 12.3. The van der Waals surface area contributed by atoms with Crippen LogP contribution in [0.3, 0.4) is 0 Å². The summed E-state index contributed by atoms with van der Waals surface area (Å²) in [5.74, 6) is 0.0675. The van der Waals surface area contributed by atoms with Gasteiger partial charge in [0.1, 0.15) is 0 Å².